The van der Waals surface area contributed by atoms with Crippen LogP contribution in [0.5, 0.6) is 0 Å². The molecule has 2 aliphatic heterocycles. The molecule has 1 amide bonds. The van der Waals surface area contributed by atoms with Gasteiger partial charge in [0, 0.05) is 18.5 Å². The molecular formula is C24H29NO3. The maximum absolute atomic E-state index is 12.7. The van der Waals surface area contributed by atoms with Crippen LogP contribution in [0.15, 0.2) is 48.5 Å². The zero-order valence-electron chi connectivity index (χ0n) is 16.7. The molecule has 0 spiro atoms. The summed E-state index contributed by atoms with van der Waals surface area (Å²) >= 11 is 0. The first-order valence-corrected chi connectivity index (χ1v) is 10.2. The molecule has 2 aliphatic rings. The van der Waals surface area contributed by atoms with E-state index in [1.807, 2.05) is 35.2 Å². The summed E-state index contributed by atoms with van der Waals surface area (Å²) in [5, 5.41) is 11.4. The van der Waals surface area contributed by atoms with Crippen LogP contribution in [0.4, 0.5) is 4.79 Å². The van der Waals surface area contributed by atoms with Crippen molar-refractivity contribution in [2.75, 3.05) is 0 Å². The third-order valence-corrected chi connectivity index (χ3v) is 6.42. The van der Waals surface area contributed by atoms with Gasteiger partial charge in [-0.05, 0) is 61.8 Å². The van der Waals surface area contributed by atoms with Gasteiger partial charge in [-0.15, -0.1) is 0 Å². The number of nitrogens with zero attached hydrogens (tertiary/aromatic N) is 1. The Kier molecular flexibility index (Phi) is 5.15. The van der Waals surface area contributed by atoms with E-state index >= 15 is 0 Å². The van der Waals surface area contributed by atoms with Crippen molar-refractivity contribution in [2.45, 2.75) is 70.2 Å². The highest BCUT2D eigenvalue weighted by molar-refractivity contribution is 5.69. The number of amides is 1. The fourth-order valence-corrected chi connectivity index (χ4v) is 5.02. The Bertz CT molecular complexity index is 814. The van der Waals surface area contributed by atoms with E-state index in [4.69, 9.17) is 4.74 Å². The second kappa shape index (κ2) is 7.59. The van der Waals surface area contributed by atoms with Gasteiger partial charge in [0.2, 0.25) is 0 Å². The summed E-state index contributed by atoms with van der Waals surface area (Å²) in [5.41, 5.74) is 3.94. The summed E-state index contributed by atoms with van der Waals surface area (Å²) in [4.78, 5) is 14.6. The van der Waals surface area contributed by atoms with Crippen LogP contribution in [0.25, 0.3) is 0 Å². The number of carbonyl (C=O) groups is 1. The van der Waals surface area contributed by atoms with Gasteiger partial charge in [-0.1, -0.05) is 48.5 Å². The molecule has 2 atom stereocenters. The molecule has 28 heavy (non-hydrogen) atoms. The smallest absolute Gasteiger partial charge is 0.410 e. The number of hydrogen-bond acceptors (Lipinski definition) is 3. The van der Waals surface area contributed by atoms with Crippen LogP contribution < -0.4 is 0 Å². The number of aliphatic hydroxyl groups is 1. The molecule has 4 rings (SSSR count). The normalized spacial score (nSPS) is 26.3. The van der Waals surface area contributed by atoms with Gasteiger partial charge in [0.1, 0.15) is 6.61 Å². The number of fused-ring (bicyclic) bond motifs is 2. The average Bonchev–Trinajstić information content (AvgIpc) is 2.96. The quantitative estimate of drug-likeness (QED) is 0.848. The van der Waals surface area contributed by atoms with Crippen LogP contribution >= 0.6 is 0 Å². The molecule has 2 aromatic rings. The highest BCUT2D eigenvalue weighted by atomic mass is 16.6. The molecule has 2 saturated heterocycles. The lowest BCUT2D eigenvalue weighted by molar-refractivity contribution is -0.0487. The van der Waals surface area contributed by atoms with Crippen LogP contribution in [0.2, 0.25) is 0 Å². The van der Waals surface area contributed by atoms with Crippen molar-refractivity contribution in [2.24, 2.45) is 0 Å². The minimum atomic E-state index is -0.751. The van der Waals surface area contributed by atoms with E-state index < -0.39 is 5.60 Å². The highest BCUT2D eigenvalue weighted by Gasteiger charge is 2.50. The van der Waals surface area contributed by atoms with E-state index in [2.05, 4.69) is 32.0 Å². The summed E-state index contributed by atoms with van der Waals surface area (Å²) in [5.74, 6) is 0. The molecule has 1 N–H and O–H groups in total. The molecule has 0 saturated carbocycles. The predicted octanol–water partition coefficient (Wildman–Crippen LogP) is 4.54. The number of benzene rings is 2. The van der Waals surface area contributed by atoms with Crippen molar-refractivity contribution in [3.05, 3.63) is 70.8 Å². The second-order valence-corrected chi connectivity index (χ2v) is 8.51. The first kappa shape index (κ1) is 19.0. The number of rotatable bonds is 4. The highest BCUT2D eigenvalue weighted by Crippen LogP contribution is 2.43. The van der Waals surface area contributed by atoms with E-state index in [-0.39, 0.29) is 18.2 Å². The van der Waals surface area contributed by atoms with Gasteiger partial charge >= 0.3 is 6.09 Å². The molecule has 2 bridgehead atoms. The SMILES string of the molecule is Cc1cccc(C)c1CC1(O)CC2CCC(C1)N2C(=O)OCc1ccccc1. The van der Waals surface area contributed by atoms with Crippen molar-refractivity contribution < 1.29 is 14.6 Å². The lowest BCUT2D eigenvalue weighted by Gasteiger charge is -2.43. The number of piperidine rings is 1. The van der Waals surface area contributed by atoms with Crippen molar-refractivity contribution in [3.8, 4) is 0 Å². The maximum Gasteiger partial charge on any atom is 0.410 e. The minimum Gasteiger partial charge on any atom is -0.445 e. The zero-order chi connectivity index (χ0) is 19.7. The first-order chi connectivity index (χ1) is 13.5. The number of aryl methyl sites for hydroxylation is 2. The fraction of sp³-hybridized carbons (Fsp3) is 0.458. The van der Waals surface area contributed by atoms with Crippen LogP contribution in [0.1, 0.15) is 47.9 Å². The fourth-order valence-electron chi connectivity index (χ4n) is 5.02. The number of carbonyl (C=O) groups excluding carboxylic acids is 1. The second-order valence-electron chi connectivity index (χ2n) is 8.51. The molecule has 2 unspecified atom stereocenters. The third kappa shape index (κ3) is 3.79. The molecule has 2 fully saturated rings. The van der Waals surface area contributed by atoms with Crippen LogP contribution in [-0.2, 0) is 17.8 Å². The first-order valence-electron chi connectivity index (χ1n) is 10.2. The van der Waals surface area contributed by atoms with Crippen LogP contribution in [0.3, 0.4) is 0 Å². The Morgan fingerprint density at radius 1 is 1.04 bits per heavy atom. The van der Waals surface area contributed by atoms with Crippen molar-refractivity contribution >= 4 is 6.09 Å². The van der Waals surface area contributed by atoms with E-state index in [9.17, 15) is 9.90 Å². The van der Waals surface area contributed by atoms with Gasteiger partial charge in [0.25, 0.3) is 0 Å². The molecule has 148 valence electrons. The summed E-state index contributed by atoms with van der Waals surface area (Å²) in [6, 6.07) is 16.2. The Balaban J connectivity index is 1.43. The summed E-state index contributed by atoms with van der Waals surface area (Å²) in [6.07, 6.45) is 3.55. The Labute approximate surface area is 167 Å². The van der Waals surface area contributed by atoms with Crippen molar-refractivity contribution in [3.63, 3.8) is 0 Å². The van der Waals surface area contributed by atoms with E-state index in [1.54, 1.807) is 0 Å². The van der Waals surface area contributed by atoms with Gasteiger partial charge in [-0.25, -0.2) is 4.79 Å². The van der Waals surface area contributed by atoms with E-state index in [1.165, 1.54) is 16.7 Å². The largest absolute Gasteiger partial charge is 0.445 e. The molecule has 0 radical (unpaired) electrons. The molecule has 4 nitrogen and oxygen atoms in total. The molecule has 0 aromatic heterocycles. The predicted molar refractivity (Wildman–Crippen MR) is 109 cm³/mol. The maximum atomic E-state index is 12.7. The summed E-state index contributed by atoms with van der Waals surface area (Å²) in [7, 11) is 0. The van der Waals surface area contributed by atoms with E-state index in [0.717, 1.165) is 18.4 Å². The Morgan fingerprint density at radius 3 is 2.25 bits per heavy atom. The van der Waals surface area contributed by atoms with Crippen molar-refractivity contribution in [1.29, 1.82) is 0 Å². The molecular weight excluding hydrogens is 350 g/mol. The lowest BCUT2D eigenvalue weighted by atomic mass is 9.79. The summed E-state index contributed by atoms with van der Waals surface area (Å²) in [6.45, 7) is 4.51. The number of ether oxygens (including phenoxy) is 1. The zero-order valence-corrected chi connectivity index (χ0v) is 16.7. The van der Waals surface area contributed by atoms with Gasteiger partial charge < -0.3 is 14.7 Å². The van der Waals surface area contributed by atoms with E-state index in [0.29, 0.717) is 25.9 Å². The van der Waals surface area contributed by atoms with Gasteiger partial charge in [-0.3, -0.25) is 0 Å². The van der Waals surface area contributed by atoms with Crippen LogP contribution in [-0.4, -0.2) is 33.8 Å². The average molecular weight is 380 g/mol. The van der Waals surface area contributed by atoms with Crippen LogP contribution in [0, 0.1) is 13.8 Å². The standard InChI is InChI=1S/C24H29NO3/c1-17-7-6-8-18(2)22(17)15-24(27)13-20-11-12-21(14-24)25(20)23(26)28-16-19-9-4-3-5-10-19/h3-10,20-21,27H,11-16H2,1-2H3. The monoisotopic (exact) mass is 379 g/mol. The summed E-state index contributed by atoms with van der Waals surface area (Å²) < 4.78 is 5.58. The van der Waals surface area contributed by atoms with Gasteiger partial charge in [0.05, 0.1) is 5.60 Å². The Morgan fingerprint density at radius 2 is 1.64 bits per heavy atom. The number of hydrogen-bond donors (Lipinski definition) is 1. The molecule has 0 aliphatic carbocycles. The lowest BCUT2D eigenvalue weighted by Crippen LogP contribution is -2.54. The minimum absolute atomic E-state index is 0.0661. The van der Waals surface area contributed by atoms with Gasteiger partial charge in [-0.2, -0.15) is 0 Å². The molecule has 4 heteroatoms. The molecule has 2 aromatic carbocycles. The Hall–Kier alpha value is -2.33. The molecule has 2 heterocycles. The van der Waals surface area contributed by atoms with Gasteiger partial charge in [0.15, 0.2) is 0 Å². The van der Waals surface area contributed by atoms with Crippen molar-refractivity contribution in [1.82, 2.24) is 4.90 Å². The topological polar surface area (TPSA) is 49.8 Å². The third-order valence-electron chi connectivity index (χ3n) is 6.42.